The Hall–Kier alpha value is -3.08. The molecular formula is C18H18F2N4O4S. The summed E-state index contributed by atoms with van der Waals surface area (Å²) in [6.45, 7) is 4.83. The summed E-state index contributed by atoms with van der Waals surface area (Å²) >= 11 is 0. The fourth-order valence-corrected chi connectivity index (χ4v) is 3.89. The number of rotatable bonds is 5. The normalized spacial score (nSPS) is 12.4. The van der Waals surface area contributed by atoms with Crippen LogP contribution in [0.5, 0.6) is 0 Å². The molecule has 2 aromatic heterocycles. The van der Waals surface area contributed by atoms with Crippen molar-refractivity contribution in [2.24, 2.45) is 7.05 Å². The fourth-order valence-electron chi connectivity index (χ4n) is 2.97. The lowest BCUT2D eigenvalue weighted by Crippen LogP contribution is -2.38. The molecule has 2 heterocycles. The molecule has 0 amide bonds. The molecule has 0 aliphatic rings. The predicted molar refractivity (Wildman–Crippen MR) is 104 cm³/mol. The molecule has 0 aliphatic heterocycles. The Morgan fingerprint density at radius 2 is 1.97 bits per heavy atom. The van der Waals surface area contributed by atoms with Crippen LogP contribution in [0.4, 0.5) is 8.78 Å². The van der Waals surface area contributed by atoms with E-state index in [0.29, 0.717) is 0 Å². The fraction of sp³-hybridized carbons (Fsp3) is 0.278. The summed E-state index contributed by atoms with van der Waals surface area (Å²) in [5, 5.41) is 2.74. The molecule has 1 aromatic carbocycles. The molecule has 29 heavy (non-hydrogen) atoms. The second kappa shape index (κ2) is 6.76. The number of hydrogen-bond donors (Lipinski definition) is 1. The van der Waals surface area contributed by atoms with E-state index in [-0.39, 0.29) is 22.6 Å². The van der Waals surface area contributed by atoms with Crippen LogP contribution in [0.3, 0.4) is 0 Å². The topological polar surface area (TPSA) is 106 Å². The Kier molecular flexibility index (Phi) is 4.81. The van der Waals surface area contributed by atoms with Gasteiger partial charge in [-0.1, -0.05) is 25.6 Å². The van der Waals surface area contributed by atoms with Gasteiger partial charge in [-0.15, -0.1) is 0 Å². The minimum atomic E-state index is -4.03. The van der Waals surface area contributed by atoms with Gasteiger partial charge in [-0.3, -0.25) is 14.7 Å². The van der Waals surface area contributed by atoms with E-state index >= 15 is 0 Å². The molecule has 11 heteroatoms. The molecule has 0 radical (unpaired) electrons. The molecule has 0 unspecified atom stereocenters. The molecule has 0 bridgehead atoms. The number of aromatic nitrogens is 4. The first kappa shape index (κ1) is 20.6. The SMILES string of the molecule is C=Cc1nc2c(-c3ccc(C(F)(F)CC)cc3S(C)(=O)=O)c(=O)c(=O)n(C)n2[nH]1. The van der Waals surface area contributed by atoms with E-state index < -0.39 is 43.6 Å². The number of fused-ring (bicyclic) bond motifs is 1. The standard InChI is InChI=1S/C18H18F2N4O4S/c1-5-13-21-16-14(15(25)17(26)23(3)24(16)22-13)11-8-7-10(18(19,20)6-2)9-12(11)29(4,27)28/h5,7-9H,1,6H2,2-4H3,(H,21,22). The number of nitrogens with one attached hydrogen (secondary N) is 1. The van der Waals surface area contributed by atoms with Crippen LogP contribution in [-0.4, -0.2) is 34.1 Å². The zero-order valence-corrected chi connectivity index (χ0v) is 16.7. The van der Waals surface area contributed by atoms with Crippen molar-refractivity contribution in [3.05, 3.63) is 56.7 Å². The van der Waals surface area contributed by atoms with Gasteiger partial charge >= 0.3 is 5.56 Å². The summed E-state index contributed by atoms with van der Waals surface area (Å²) in [5.41, 5.74) is -2.96. The first-order chi connectivity index (χ1) is 13.4. The highest BCUT2D eigenvalue weighted by Gasteiger charge is 2.32. The molecular weight excluding hydrogens is 406 g/mol. The van der Waals surface area contributed by atoms with Crippen molar-refractivity contribution in [3.8, 4) is 11.1 Å². The van der Waals surface area contributed by atoms with Crippen LogP contribution >= 0.6 is 0 Å². The van der Waals surface area contributed by atoms with Gasteiger partial charge in [0.25, 0.3) is 11.4 Å². The van der Waals surface area contributed by atoms with E-state index in [0.717, 1.165) is 33.8 Å². The summed E-state index contributed by atoms with van der Waals surface area (Å²) in [6.07, 6.45) is 1.65. The number of aryl methyl sites for hydroxylation is 1. The average molecular weight is 424 g/mol. The van der Waals surface area contributed by atoms with Crippen molar-refractivity contribution in [3.63, 3.8) is 0 Å². The monoisotopic (exact) mass is 424 g/mol. The van der Waals surface area contributed by atoms with Crippen molar-refractivity contribution in [1.82, 2.24) is 19.4 Å². The maximum Gasteiger partial charge on any atom is 0.314 e. The van der Waals surface area contributed by atoms with Crippen molar-refractivity contribution < 1.29 is 17.2 Å². The van der Waals surface area contributed by atoms with E-state index in [9.17, 15) is 26.8 Å². The summed E-state index contributed by atoms with van der Waals surface area (Å²) < 4.78 is 55.2. The third kappa shape index (κ3) is 3.31. The van der Waals surface area contributed by atoms with Gasteiger partial charge < -0.3 is 0 Å². The maximum absolute atomic E-state index is 14.1. The van der Waals surface area contributed by atoms with Crippen molar-refractivity contribution >= 4 is 21.6 Å². The number of benzene rings is 1. The first-order valence-electron chi connectivity index (χ1n) is 8.49. The van der Waals surface area contributed by atoms with Gasteiger partial charge in [-0.2, -0.15) is 4.63 Å². The van der Waals surface area contributed by atoms with Gasteiger partial charge in [0.05, 0.1) is 10.5 Å². The van der Waals surface area contributed by atoms with Crippen molar-refractivity contribution in [2.45, 2.75) is 24.2 Å². The Morgan fingerprint density at radius 1 is 1.31 bits per heavy atom. The van der Waals surface area contributed by atoms with Gasteiger partial charge in [0.2, 0.25) is 0 Å². The zero-order chi connectivity index (χ0) is 21.7. The third-order valence-electron chi connectivity index (χ3n) is 4.60. The number of hydrogen-bond acceptors (Lipinski definition) is 5. The highest BCUT2D eigenvalue weighted by molar-refractivity contribution is 7.90. The number of aromatic amines is 1. The van der Waals surface area contributed by atoms with E-state index in [1.54, 1.807) is 0 Å². The number of alkyl halides is 2. The second-order valence-corrected chi connectivity index (χ2v) is 8.51. The van der Waals surface area contributed by atoms with E-state index in [4.69, 9.17) is 0 Å². The van der Waals surface area contributed by atoms with Gasteiger partial charge in [-0.25, -0.2) is 26.9 Å². The van der Waals surface area contributed by atoms with Crippen LogP contribution in [-0.2, 0) is 22.8 Å². The average Bonchev–Trinajstić information content (AvgIpc) is 3.10. The molecule has 0 spiro atoms. The molecule has 3 aromatic rings. The number of sulfone groups is 1. The summed E-state index contributed by atoms with van der Waals surface area (Å²) in [7, 11) is -2.70. The minimum Gasteiger partial charge on any atom is -0.283 e. The molecule has 1 N–H and O–H groups in total. The lowest BCUT2D eigenvalue weighted by molar-refractivity contribution is -0.00847. The Bertz CT molecular complexity index is 1370. The summed E-state index contributed by atoms with van der Waals surface area (Å²) in [4.78, 5) is 28.8. The van der Waals surface area contributed by atoms with Gasteiger partial charge in [0, 0.05) is 30.9 Å². The molecule has 3 rings (SSSR count). The van der Waals surface area contributed by atoms with Crippen LogP contribution in [0.1, 0.15) is 24.7 Å². The Labute approximate surface area is 164 Å². The van der Waals surface area contributed by atoms with E-state index in [2.05, 4.69) is 16.7 Å². The number of halogens is 2. The molecule has 154 valence electrons. The molecule has 0 saturated carbocycles. The minimum absolute atomic E-state index is 0.0353. The predicted octanol–water partition coefficient (Wildman–Crippen LogP) is 1.94. The van der Waals surface area contributed by atoms with Crippen LogP contribution in [0.25, 0.3) is 22.9 Å². The zero-order valence-electron chi connectivity index (χ0n) is 15.9. The molecule has 0 fully saturated rings. The number of H-pyrrole nitrogens is 1. The van der Waals surface area contributed by atoms with E-state index in [1.165, 1.54) is 20.0 Å². The maximum atomic E-state index is 14.1. The molecule has 8 nitrogen and oxygen atoms in total. The third-order valence-corrected chi connectivity index (χ3v) is 5.73. The van der Waals surface area contributed by atoms with Gasteiger partial charge in [0.15, 0.2) is 15.5 Å². The Balaban J connectivity index is 2.51. The van der Waals surface area contributed by atoms with Gasteiger partial charge in [0.1, 0.15) is 5.82 Å². The highest BCUT2D eigenvalue weighted by Crippen LogP contribution is 2.36. The lowest BCUT2D eigenvalue weighted by atomic mass is 10.0. The Morgan fingerprint density at radius 3 is 2.52 bits per heavy atom. The van der Waals surface area contributed by atoms with E-state index in [1.807, 2.05) is 0 Å². The van der Waals surface area contributed by atoms with Crippen LogP contribution in [0, 0.1) is 0 Å². The van der Waals surface area contributed by atoms with Crippen molar-refractivity contribution in [1.29, 1.82) is 0 Å². The quantitative estimate of drug-likeness (QED) is 0.630. The first-order valence-corrected chi connectivity index (χ1v) is 10.4. The highest BCUT2D eigenvalue weighted by atomic mass is 32.2. The van der Waals surface area contributed by atoms with Crippen LogP contribution < -0.4 is 11.0 Å². The van der Waals surface area contributed by atoms with Crippen LogP contribution in [0.15, 0.2) is 39.3 Å². The lowest BCUT2D eigenvalue weighted by Gasteiger charge is -2.17. The second-order valence-electron chi connectivity index (χ2n) is 6.52. The summed E-state index contributed by atoms with van der Waals surface area (Å²) in [6, 6.07) is 2.98. The molecule has 0 aliphatic carbocycles. The molecule has 0 atom stereocenters. The molecule has 0 saturated heterocycles. The van der Waals surface area contributed by atoms with Crippen molar-refractivity contribution in [2.75, 3.05) is 6.26 Å². The van der Waals surface area contributed by atoms with Crippen LogP contribution in [0.2, 0.25) is 0 Å². The largest absolute Gasteiger partial charge is 0.314 e. The smallest absolute Gasteiger partial charge is 0.283 e. The summed E-state index contributed by atoms with van der Waals surface area (Å²) in [5.74, 6) is -3.03. The number of nitrogens with zero attached hydrogens (tertiary/aromatic N) is 3. The van der Waals surface area contributed by atoms with Gasteiger partial charge in [-0.05, 0) is 12.1 Å².